The molecule has 0 spiro atoms. The van der Waals surface area contributed by atoms with Gasteiger partial charge in [-0.05, 0) is 54.0 Å². The molecule has 0 aromatic heterocycles. The summed E-state index contributed by atoms with van der Waals surface area (Å²) in [5, 5.41) is 0. The number of hydrogen-bond donors (Lipinski definition) is 0. The third-order valence-electron chi connectivity index (χ3n) is 3.76. The van der Waals surface area contributed by atoms with Crippen molar-refractivity contribution in [3.05, 3.63) is 68.1 Å². The summed E-state index contributed by atoms with van der Waals surface area (Å²) < 4.78 is 2.50. The van der Waals surface area contributed by atoms with Gasteiger partial charge in [0.1, 0.15) is 0 Å². The van der Waals surface area contributed by atoms with E-state index in [4.69, 9.17) is 0 Å². The lowest BCUT2D eigenvalue weighted by Crippen LogP contribution is -1.99. The standard InChI is InChI=1S/C16H14Br2/c17-15-6-2-1-4-12(15)10-11-8-9-14-13(11)5-3-7-16(14)18/h1-7,11H,8-10H2. The normalized spacial score (nSPS) is 17.8. The molecular formula is C16H14Br2. The van der Waals surface area contributed by atoms with E-state index in [2.05, 4.69) is 74.3 Å². The molecule has 0 saturated carbocycles. The fraction of sp³-hybridized carbons (Fsp3) is 0.250. The van der Waals surface area contributed by atoms with E-state index in [0.29, 0.717) is 5.92 Å². The highest BCUT2D eigenvalue weighted by atomic mass is 79.9. The fourth-order valence-corrected chi connectivity index (χ4v) is 3.86. The number of rotatable bonds is 2. The Morgan fingerprint density at radius 2 is 1.72 bits per heavy atom. The van der Waals surface area contributed by atoms with Crippen LogP contribution in [0.25, 0.3) is 0 Å². The van der Waals surface area contributed by atoms with Gasteiger partial charge in [-0.2, -0.15) is 0 Å². The highest BCUT2D eigenvalue weighted by molar-refractivity contribution is 9.10. The maximum atomic E-state index is 3.67. The van der Waals surface area contributed by atoms with Gasteiger partial charge in [0, 0.05) is 8.95 Å². The van der Waals surface area contributed by atoms with Gasteiger partial charge in [0.15, 0.2) is 0 Å². The lowest BCUT2D eigenvalue weighted by atomic mass is 9.94. The minimum atomic E-state index is 0.663. The molecule has 0 nitrogen and oxygen atoms in total. The van der Waals surface area contributed by atoms with Crippen molar-refractivity contribution >= 4 is 31.9 Å². The lowest BCUT2D eigenvalue weighted by molar-refractivity contribution is 0.673. The highest BCUT2D eigenvalue weighted by Crippen LogP contribution is 2.39. The Balaban J connectivity index is 1.90. The minimum Gasteiger partial charge on any atom is -0.0619 e. The average Bonchev–Trinajstić information content (AvgIpc) is 2.77. The number of hydrogen-bond acceptors (Lipinski definition) is 0. The van der Waals surface area contributed by atoms with Crippen molar-refractivity contribution in [1.29, 1.82) is 0 Å². The molecule has 2 aromatic carbocycles. The molecule has 0 saturated heterocycles. The smallest absolute Gasteiger partial charge is 0.0210 e. The van der Waals surface area contributed by atoms with Crippen LogP contribution in [0.2, 0.25) is 0 Å². The van der Waals surface area contributed by atoms with Crippen LogP contribution in [0.3, 0.4) is 0 Å². The summed E-state index contributed by atoms with van der Waals surface area (Å²) in [5.74, 6) is 0.663. The Morgan fingerprint density at radius 3 is 2.56 bits per heavy atom. The molecule has 0 radical (unpaired) electrons. The third kappa shape index (κ3) is 2.28. The Morgan fingerprint density at radius 1 is 0.944 bits per heavy atom. The van der Waals surface area contributed by atoms with Gasteiger partial charge in [-0.3, -0.25) is 0 Å². The molecule has 2 aromatic rings. The van der Waals surface area contributed by atoms with Gasteiger partial charge in [0.2, 0.25) is 0 Å². The average molecular weight is 366 g/mol. The van der Waals surface area contributed by atoms with Crippen LogP contribution in [-0.4, -0.2) is 0 Å². The molecule has 0 N–H and O–H groups in total. The van der Waals surface area contributed by atoms with Gasteiger partial charge in [-0.15, -0.1) is 0 Å². The summed E-state index contributed by atoms with van der Waals surface area (Å²) in [5.41, 5.74) is 4.45. The number of halogens is 2. The number of benzene rings is 2. The van der Waals surface area contributed by atoms with E-state index < -0.39 is 0 Å². The van der Waals surface area contributed by atoms with E-state index in [-0.39, 0.29) is 0 Å². The van der Waals surface area contributed by atoms with Crippen molar-refractivity contribution in [2.45, 2.75) is 25.2 Å². The quantitative estimate of drug-likeness (QED) is 0.660. The van der Waals surface area contributed by atoms with Gasteiger partial charge in [-0.25, -0.2) is 0 Å². The second kappa shape index (κ2) is 5.18. The molecule has 0 fully saturated rings. The Kier molecular flexibility index (Phi) is 3.58. The van der Waals surface area contributed by atoms with Crippen LogP contribution in [0.4, 0.5) is 0 Å². The summed E-state index contributed by atoms with van der Waals surface area (Å²) in [6, 6.07) is 15.1. The van der Waals surface area contributed by atoms with Crippen LogP contribution in [0, 0.1) is 0 Å². The summed E-state index contributed by atoms with van der Waals surface area (Å²) in [4.78, 5) is 0. The topological polar surface area (TPSA) is 0 Å². The first-order valence-corrected chi connectivity index (χ1v) is 7.85. The number of fused-ring (bicyclic) bond motifs is 1. The lowest BCUT2D eigenvalue weighted by Gasteiger charge is -2.13. The highest BCUT2D eigenvalue weighted by Gasteiger charge is 2.24. The zero-order valence-corrected chi connectivity index (χ0v) is 13.2. The Hall–Kier alpha value is -0.600. The van der Waals surface area contributed by atoms with E-state index in [1.54, 1.807) is 0 Å². The summed E-state index contributed by atoms with van der Waals surface area (Å²) in [6.45, 7) is 0. The molecule has 18 heavy (non-hydrogen) atoms. The van der Waals surface area contributed by atoms with E-state index in [1.165, 1.54) is 38.5 Å². The zero-order chi connectivity index (χ0) is 12.5. The maximum absolute atomic E-state index is 3.67. The van der Waals surface area contributed by atoms with Crippen molar-refractivity contribution in [3.8, 4) is 0 Å². The molecule has 0 aliphatic heterocycles. The van der Waals surface area contributed by atoms with Crippen molar-refractivity contribution in [1.82, 2.24) is 0 Å². The second-order valence-electron chi connectivity index (χ2n) is 4.84. The third-order valence-corrected chi connectivity index (χ3v) is 5.28. The minimum absolute atomic E-state index is 0.663. The summed E-state index contributed by atoms with van der Waals surface area (Å²) in [6.07, 6.45) is 3.59. The molecular weight excluding hydrogens is 352 g/mol. The van der Waals surface area contributed by atoms with Gasteiger partial charge < -0.3 is 0 Å². The molecule has 0 heterocycles. The van der Waals surface area contributed by atoms with Gasteiger partial charge >= 0.3 is 0 Å². The zero-order valence-electron chi connectivity index (χ0n) is 10.00. The predicted octanol–water partition coefficient (Wildman–Crippen LogP) is 5.48. The van der Waals surface area contributed by atoms with Crippen LogP contribution in [-0.2, 0) is 12.8 Å². The van der Waals surface area contributed by atoms with E-state index >= 15 is 0 Å². The maximum Gasteiger partial charge on any atom is 0.0210 e. The van der Waals surface area contributed by atoms with Crippen molar-refractivity contribution in [2.24, 2.45) is 0 Å². The summed E-state index contributed by atoms with van der Waals surface area (Å²) in [7, 11) is 0. The van der Waals surface area contributed by atoms with E-state index in [1.807, 2.05) is 0 Å². The molecule has 0 amide bonds. The molecule has 1 aliphatic carbocycles. The fourth-order valence-electron chi connectivity index (χ4n) is 2.84. The molecule has 0 bridgehead atoms. The van der Waals surface area contributed by atoms with Gasteiger partial charge in [-0.1, -0.05) is 62.2 Å². The summed E-state index contributed by atoms with van der Waals surface area (Å²) >= 11 is 7.31. The van der Waals surface area contributed by atoms with Crippen LogP contribution >= 0.6 is 31.9 Å². The van der Waals surface area contributed by atoms with Crippen LogP contribution < -0.4 is 0 Å². The molecule has 1 atom stereocenters. The van der Waals surface area contributed by atoms with Crippen molar-refractivity contribution in [2.75, 3.05) is 0 Å². The largest absolute Gasteiger partial charge is 0.0619 e. The van der Waals surface area contributed by atoms with Crippen LogP contribution in [0.5, 0.6) is 0 Å². The monoisotopic (exact) mass is 364 g/mol. The van der Waals surface area contributed by atoms with E-state index in [0.717, 1.165) is 6.42 Å². The van der Waals surface area contributed by atoms with Crippen molar-refractivity contribution in [3.63, 3.8) is 0 Å². The SMILES string of the molecule is Brc1ccccc1CC1CCc2c(Br)cccc21. The van der Waals surface area contributed by atoms with Crippen LogP contribution in [0.15, 0.2) is 51.4 Å². The predicted molar refractivity (Wildman–Crippen MR) is 83.1 cm³/mol. The molecule has 1 aliphatic rings. The molecule has 3 rings (SSSR count). The molecule has 92 valence electrons. The Labute approximate surface area is 125 Å². The Bertz CT molecular complexity index is 575. The van der Waals surface area contributed by atoms with Gasteiger partial charge in [0.05, 0.1) is 0 Å². The van der Waals surface area contributed by atoms with Crippen molar-refractivity contribution < 1.29 is 0 Å². The molecule has 2 heteroatoms. The second-order valence-corrected chi connectivity index (χ2v) is 6.55. The first-order chi connectivity index (χ1) is 8.75. The molecule has 1 unspecified atom stereocenters. The van der Waals surface area contributed by atoms with E-state index in [9.17, 15) is 0 Å². The first kappa shape index (κ1) is 12.4. The van der Waals surface area contributed by atoms with Gasteiger partial charge in [0.25, 0.3) is 0 Å². The van der Waals surface area contributed by atoms with Crippen LogP contribution in [0.1, 0.15) is 29.0 Å². The first-order valence-electron chi connectivity index (χ1n) is 6.26.